The summed E-state index contributed by atoms with van der Waals surface area (Å²) in [4.78, 5) is 36.7. The second-order valence-corrected chi connectivity index (χ2v) is 12.6. The Balaban J connectivity index is 1.56. The first-order chi connectivity index (χ1) is 13.7. The average molecular weight is 415 g/mol. The number of thioether (sulfide) groups is 1. The zero-order valence-corrected chi connectivity index (χ0v) is 18.9. The lowest BCUT2D eigenvalue weighted by atomic mass is 9.45. The third kappa shape index (κ3) is 2.73. The Hall–Kier alpha value is -0.900. The lowest BCUT2D eigenvalue weighted by molar-refractivity contribution is -0.120. The summed E-state index contributed by atoms with van der Waals surface area (Å²) in [5.74, 6) is 2.45. The number of allylic oxidation sites excluding steroid dienone is 1. The van der Waals surface area contributed by atoms with Crippen LogP contribution in [0.1, 0.15) is 85.0 Å². The van der Waals surface area contributed by atoms with E-state index in [1.807, 2.05) is 6.08 Å². The van der Waals surface area contributed by atoms with Gasteiger partial charge in [0, 0.05) is 31.4 Å². The molecule has 3 nitrogen and oxygen atoms in total. The Bertz CT molecular complexity index is 815. The van der Waals surface area contributed by atoms with Crippen LogP contribution in [0.3, 0.4) is 0 Å². The van der Waals surface area contributed by atoms with E-state index in [0.717, 1.165) is 32.1 Å². The summed E-state index contributed by atoms with van der Waals surface area (Å²) in [6.45, 7) is 6.60. The number of ketones is 2. The van der Waals surface area contributed by atoms with Gasteiger partial charge in [0.25, 0.3) is 0 Å². The van der Waals surface area contributed by atoms with E-state index in [9.17, 15) is 14.4 Å². The summed E-state index contributed by atoms with van der Waals surface area (Å²) in [5, 5.41) is 0.496. The van der Waals surface area contributed by atoms with Gasteiger partial charge in [-0.25, -0.2) is 0 Å². The summed E-state index contributed by atoms with van der Waals surface area (Å²) < 4.78 is 0. The molecule has 0 N–H and O–H groups in total. The molecule has 0 aromatic rings. The number of carbonyl (C=O) groups is 3. The molecule has 0 aromatic carbocycles. The van der Waals surface area contributed by atoms with Crippen molar-refractivity contribution in [3.8, 4) is 0 Å². The van der Waals surface area contributed by atoms with Crippen LogP contribution in [0, 0.1) is 34.0 Å². The van der Waals surface area contributed by atoms with Crippen LogP contribution in [0.2, 0.25) is 0 Å². The molecule has 7 atom stereocenters. The molecular weight excluding hydrogens is 380 g/mol. The largest absolute Gasteiger partial charge is 0.300 e. The van der Waals surface area contributed by atoms with Gasteiger partial charge in [-0.2, -0.15) is 0 Å². The molecule has 5 rings (SSSR count). The SMILES string of the molecule is CC(=O)SC1CC2=CC(=O)CC[C@@]2(C)[C@H]2CC[C@@]3(C)[C@@H](CC[C@@]34CCC(=O)C4)[C@H]12. The maximum absolute atomic E-state index is 12.3. The second-order valence-electron chi connectivity index (χ2n) is 11.2. The van der Waals surface area contributed by atoms with E-state index in [4.69, 9.17) is 0 Å². The minimum Gasteiger partial charge on any atom is -0.300 e. The highest BCUT2D eigenvalue weighted by atomic mass is 32.2. The Morgan fingerprint density at radius 1 is 1.03 bits per heavy atom. The van der Waals surface area contributed by atoms with Crippen LogP contribution in [0.15, 0.2) is 11.6 Å². The van der Waals surface area contributed by atoms with Crippen LogP contribution in [0.25, 0.3) is 0 Å². The van der Waals surface area contributed by atoms with Crippen molar-refractivity contribution in [3.63, 3.8) is 0 Å². The molecule has 5 aliphatic rings. The zero-order chi connectivity index (χ0) is 20.6. The van der Waals surface area contributed by atoms with Gasteiger partial charge in [0.15, 0.2) is 10.9 Å². The molecule has 0 aliphatic heterocycles. The molecule has 0 bridgehead atoms. The van der Waals surface area contributed by atoms with Crippen molar-refractivity contribution in [2.24, 2.45) is 34.0 Å². The fraction of sp³-hybridized carbons (Fsp3) is 0.800. The number of carbonyl (C=O) groups excluding carboxylic acids is 3. The molecule has 0 heterocycles. The highest BCUT2D eigenvalue weighted by Gasteiger charge is 2.66. The van der Waals surface area contributed by atoms with Crippen molar-refractivity contribution in [2.45, 2.75) is 90.2 Å². The summed E-state index contributed by atoms with van der Waals surface area (Å²) in [6, 6.07) is 0. The molecule has 0 aromatic heterocycles. The predicted octanol–water partition coefficient (Wildman–Crippen LogP) is 5.52. The Labute approximate surface area is 178 Å². The maximum atomic E-state index is 12.3. The van der Waals surface area contributed by atoms with E-state index in [0.29, 0.717) is 35.2 Å². The predicted molar refractivity (Wildman–Crippen MR) is 115 cm³/mol. The zero-order valence-electron chi connectivity index (χ0n) is 18.1. The van der Waals surface area contributed by atoms with E-state index in [1.54, 1.807) is 6.92 Å². The number of hydrogen-bond acceptors (Lipinski definition) is 4. The molecule has 5 aliphatic carbocycles. The second kappa shape index (κ2) is 6.55. The van der Waals surface area contributed by atoms with Gasteiger partial charge in [-0.15, -0.1) is 0 Å². The van der Waals surface area contributed by atoms with Gasteiger partial charge in [0.05, 0.1) is 0 Å². The molecule has 0 saturated heterocycles. The van der Waals surface area contributed by atoms with Crippen molar-refractivity contribution in [2.75, 3.05) is 0 Å². The van der Waals surface area contributed by atoms with Crippen molar-refractivity contribution in [1.29, 1.82) is 0 Å². The van der Waals surface area contributed by atoms with E-state index < -0.39 is 0 Å². The summed E-state index contributed by atoms with van der Waals surface area (Å²) in [5.41, 5.74) is 1.89. The van der Waals surface area contributed by atoms with Gasteiger partial charge >= 0.3 is 0 Å². The molecule has 158 valence electrons. The minimum absolute atomic E-state index is 0.120. The summed E-state index contributed by atoms with van der Waals surface area (Å²) in [7, 11) is 0. The molecule has 1 spiro atoms. The highest BCUT2D eigenvalue weighted by Crippen LogP contribution is 2.73. The molecule has 29 heavy (non-hydrogen) atoms. The summed E-state index contributed by atoms with van der Waals surface area (Å²) >= 11 is 1.54. The van der Waals surface area contributed by atoms with Crippen molar-refractivity contribution >= 4 is 28.4 Å². The van der Waals surface area contributed by atoms with Crippen molar-refractivity contribution < 1.29 is 14.4 Å². The van der Waals surface area contributed by atoms with E-state index in [-0.39, 0.29) is 27.1 Å². The lowest BCUT2D eigenvalue weighted by Gasteiger charge is -2.61. The van der Waals surface area contributed by atoms with Crippen LogP contribution in [-0.4, -0.2) is 21.9 Å². The third-order valence-corrected chi connectivity index (χ3v) is 11.3. The normalized spacial score (nSPS) is 48.9. The first-order valence-electron chi connectivity index (χ1n) is 11.6. The number of fused-ring (bicyclic) bond motifs is 6. The number of hydrogen-bond donors (Lipinski definition) is 0. The van der Waals surface area contributed by atoms with Crippen molar-refractivity contribution in [3.05, 3.63) is 11.6 Å². The monoisotopic (exact) mass is 414 g/mol. The van der Waals surface area contributed by atoms with Gasteiger partial charge in [-0.1, -0.05) is 31.2 Å². The Kier molecular flexibility index (Phi) is 4.52. The van der Waals surface area contributed by atoms with Crippen molar-refractivity contribution in [1.82, 2.24) is 0 Å². The van der Waals surface area contributed by atoms with E-state index in [2.05, 4.69) is 13.8 Å². The van der Waals surface area contributed by atoms with Gasteiger partial charge < -0.3 is 0 Å². The van der Waals surface area contributed by atoms with Crippen LogP contribution >= 0.6 is 11.8 Å². The standard InChI is InChI=1S/C25H34O3S/c1-15(26)29-21-13-16-12-17(27)4-8-23(16,2)19-6-9-24(3)20(22(19)21)7-11-25(24)10-5-18(28)14-25/h12,19-22H,4-11,13-14H2,1-3H3/t19-,20-,21?,22+,23+,24-,25+/m0/s1. The smallest absolute Gasteiger partial charge is 0.186 e. The van der Waals surface area contributed by atoms with E-state index >= 15 is 0 Å². The molecule has 4 saturated carbocycles. The lowest BCUT2D eigenvalue weighted by Crippen LogP contribution is -2.56. The van der Waals surface area contributed by atoms with Gasteiger partial charge in [0.2, 0.25) is 0 Å². The van der Waals surface area contributed by atoms with Gasteiger partial charge in [-0.05, 0) is 85.0 Å². The first-order valence-corrected chi connectivity index (χ1v) is 12.5. The topological polar surface area (TPSA) is 51.2 Å². The quantitative estimate of drug-likeness (QED) is 0.567. The first kappa shape index (κ1) is 20.0. The fourth-order valence-electron chi connectivity index (χ4n) is 8.70. The number of rotatable bonds is 1. The third-order valence-electron chi connectivity index (χ3n) is 10.2. The van der Waals surface area contributed by atoms with Crippen LogP contribution < -0.4 is 0 Å². The molecule has 0 radical (unpaired) electrons. The van der Waals surface area contributed by atoms with Crippen LogP contribution in [-0.2, 0) is 14.4 Å². The molecule has 4 heteroatoms. The van der Waals surface area contributed by atoms with Crippen LogP contribution in [0.4, 0.5) is 0 Å². The molecule has 0 amide bonds. The summed E-state index contributed by atoms with van der Waals surface area (Å²) in [6.07, 6.45) is 11.9. The Morgan fingerprint density at radius 3 is 2.48 bits per heavy atom. The highest BCUT2D eigenvalue weighted by molar-refractivity contribution is 8.14. The van der Waals surface area contributed by atoms with Gasteiger partial charge in [-0.3, -0.25) is 14.4 Å². The fourth-order valence-corrected chi connectivity index (χ4v) is 9.92. The molecule has 4 fully saturated rings. The van der Waals surface area contributed by atoms with Gasteiger partial charge in [0.1, 0.15) is 5.78 Å². The average Bonchev–Trinajstić information content (AvgIpc) is 3.17. The molecular formula is C25H34O3S. The van der Waals surface area contributed by atoms with Crippen LogP contribution in [0.5, 0.6) is 0 Å². The maximum Gasteiger partial charge on any atom is 0.186 e. The molecule has 1 unspecified atom stereocenters. The Morgan fingerprint density at radius 2 is 1.79 bits per heavy atom. The number of Topliss-reactive ketones (excluding diaryl/α,β-unsaturated/α-hetero) is 1. The minimum atomic E-state index is 0.120. The van der Waals surface area contributed by atoms with E-state index in [1.165, 1.54) is 43.0 Å².